The average Bonchev–Trinajstić information content (AvgIpc) is 3.18. The van der Waals surface area contributed by atoms with Gasteiger partial charge >= 0.3 is 0 Å². The molecule has 0 radical (unpaired) electrons. The fourth-order valence-electron chi connectivity index (χ4n) is 3.49. The molecule has 140 valence electrons. The van der Waals surface area contributed by atoms with Gasteiger partial charge in [0.25, 0.3) is 5.56 Å². The van der Waals surface area contributed by atoms with Crippen molar-refractivity contribution < 1.29 is 0 Å². The Kier molecular flexibility index (Phi) is 4.69. The fraction of sp³-hybridized carbons (Fsp3) is 0.684. The lowest BCUT2D eigenvalue weighted by Crippen LogP contribution is -2.37. The number of likely N-dealkylation sites (tertiary alicyclic amines) is 1. The molecule has 4 rings (SSSR count). The first-order valence-corrected chi connectivity index (χ1v) is 10.4. The van der Waals surface area contributed by atoms with Crippen molar-refractivity contribution in [3.8, 4) is 0 Å². The van der Waals surface area contributed by atoms with Gasteiger partial charge in [0.1, 0.15) is 10.0 Å². The molecule has 7 heteroatoms. The molecule has 6 nitrogen and oxygen atoms in total. The third kappa shape index (κ3) is 3.88. The highest BCUT2D eigenvalue weighted by Crippen LogP contribution is 2.41. The lowest BCUT2D eigenvalue weighted by atomic mass is 9.92. The van der Waals surface area contributed by atoms with Crippen LogP contribution in [0.15, 0.2) is 16.9 Å². The van der Waals surface area contributed by atoms with Crippen LogP contribution >= 0.6 is 11.3 Å². The topological polar surface area (TPSA) is 63.9 Å². The van der Waals surface area contributed by atoms with Gasteiger partial charge in [-0.3, -0.25) is 9.69 Å². The van der Waals surface area contributed by atoms with Crippen LogP contribution in [-0.4, -0.2) is 37.5 Å². The maximum Gasteiger partial charge on any atom is 0.266 e. The molecular weight excluding hydrogens is 346 g/mol. The van der Waals surface area contributed by atoms with Crippen molar-refractivity contribution >= 4 is 11.3 Å². The van der Waals surface area contributed by atoms with Gasteiger partial charge in [-0.15, -0.1) is 10.2 Å². The lowest BCUT2D eigenvalue weighted by Gasteiger charge is -2.24. The van der Waals surface area contributed by atoms with Crippen LogP contribution in [0.4, 0.5) is 0 Å². The van der Waals surface area contributed by atoms with Crippen molar-refractivity contribution in [2.24, 2.45) is 0 Å². The van der Waals surface area contributed by atoms with Crippen LogP contribution < -0.4 is 5.56 Å². The molecule has 2 aromatic heterocycles. The van der Waals surface area contributed by atoms with E-state index >= 15 is 0 Å². The second-order valence-electron chi connectivity index (χ2n) is 8.56. The summed E-state index contributed by atoms with van der Waals surface area (Å²) < 4.78 is 1.65. The largest absolute Gasteiger partial charge is 0.292 e. The quantitative estimate of drug-likeness (QED) is 0.806. The summed E-state index contributed by atoms with van der Waals surface area (Å²) in [6.07, 6.45) is 4.79. The van der Waals surface area contributed by atoms with E-state index < -0.39 is 0 Å². The van der Waals surface area contributed by atoms with Crippen LogP contribution in [0.3, 0.4) is 0 Å². The number of hydrogen-bond acceptors (Lipinski definition) is 6. The third-order valence-electron chi connectivity index (χ3n) is 5.27. The van der Waals surface area contributed by atoms with E-state index in [9.17, 15) is 4.79 Å². The van der Waals surface area contributed by atoms with E-state index in [0.717, 1.165) is 36.6 Å². The molecule has 2 fully saturated rings. The highest BCUT2D eigenvalue weighted by atomic mass is 32.1. The molecule has 26 heavy (non-hydrogen) atoms. The van der Waals surface area contributed by atoms with Crippen molar-refractivity contribution in [1.82, 2.24) is 24.9 Å². The summed E-state index contributed by atoms with van der Waals surface area (Å²) in [5.41, 5.74) is 0.882. The van der Waals surface area contributed by atoms with Crippen molar-refractivity contribution in [2.75, 3.05) is 6.54 Å². The lowest BCUT2D eigenvalue weighted by molar-refractivity contribution is 0.215. The molecule has 3 heterocycles. The van der Waals surface area contributed by atoms with Gasteiger partial charge in [0.2, 0.25) is 0 Å². The normalized spacial score (nSPS) is 21.4. The van der Waals surface area contributed by atoms with Crippen molar-refractivity contribution in [1.29, 1.82) is 0 Å². The monoisotopic (exact) mass is 373 g/mol. The molecular formula is C19H27N5OS. The Hall–Kier alpha value is -1.60. The van der Waals surface area contributed by atoms with Gasteiger partial charge < -0.3 is 0 Å². The van der Waals surface area contributed by atoms with Crippen LogP contribution in [0.5, 0.6) is 0 Å². The third-order valence-corrected chi connectivity index (χ3v) is 6.34. The number of hydrogen-bond donors (Lipinski definition) is 0. The minimum atomic E-state index is -0.0589. The van der Waals surface area contributed by atoms with Crippen molar-refractivity contribution in [2.45, 2.75) is 76.9 Å². The molecule has 1 saturated heterocycles. The van der Waals surface area contributed by atoms with Crippen LogP contribution in [0, 0.1) is 0 Å². The standard InChI is InChI=1S/C19H27N5OS/c1-19(2,3)15-8-9-17(25)24(22-15)11-14-5-4-10-23(14)12-16-20-21-18(26-16)13-6-7-13/h8-9,13-14H,4-7,10-12H2,1-3H3. The number of aromatic nitrogens is 4. The number of rotatable bonds is 5. The predicted octanol–water partition coefficient (Wildman–Crippen LogP) is 2.93. The summed E-state index contributed by atoms with van der Waals surface area (Å²) in [7, 11) is 0. The Morgan fingerprint density at radius 2 is 2.00 bits per heavy atom. The molecule has 1 saturated carbocycles. The van der Waals surface area contributed by atoms with Crippen LogP contribution in [0.2, 0.25) is 0 Å². The Morgan fingerprint density at radius 1 is 1.19 bits per heavy atom. The minimum absolute atomic E-state index is 0.0169. The molecule has 1 aliphatic carbocycles. The van der Waals surface area contributed by atoms with E-state index in [1.807, 2.05) is 6.07 Å². The second-order valence-corrected chi connectivity index (χ2v) is 9.66. The van der Waals surface area contributed by atoms with Crippen LogP contribution in [-0.2, 0) is 18.5 Å². The molecule has 1 atom stereocenters. The van der Waals surface area contributed by atoms with Gasteiger partial charge in [0.05, 0.1) is 18.8 Å². The second kappa shape index (κ2) is 6.85. The van der Waals surface area contributed by atoms with Gasteiger partial charge in [0, 0.05) is 23.4 Å². The SMILES string of the molecule is CC(C)(C)c1ccc(=O)n(CC2CCCN2Cc2nnc(C3CC3)s2)n1. The van der Waals surface area contributed by atoms with Gasteiger partial charge in [-0.1, -0.05) is 32.1 Å². The molecule has 0 bridgehead atoms. The maximum absolute atomic E-state index is 12.3. The van der Waals surface area contributed by atoms with E-state index in [2.05, 4.69) is 41.0 Å². The number of nitrogens with zero attached hydrogens (tertiary/aromatic N) is 5. The molecule has 0 N–H and O–H groups in total. The van der Waals surface area contributed by atoms with E-state index in [1.165, 1.54) is 17.8 Å². The predicted molar refractivity (Wildman–Crippen MR) is 103 cm³/mol. The van der Waals surface area contributed by atoms with Crippen LogP contribution in [0.25, 0.3) is 0 Å². The zero-order valence-electron chi connectivity index (χ0n) is 15.8. The van der Waals surface area contributed by atoms with E-state index in [1.54, 1.807) is 22.1 Å². The molecule has 0 aromatic carbocycles. The summed E-state index contributed by atoms with van der Waals surface area (Å²) >= 11 is 1.76. The van der Waals surface area contributed by atoms with Gasteiger partial charge in [-0.05, 0) is 38.3 Å². The van der Waals surface area contributed by atoms with Crippen LogP contribution in [0.1, 0.15) is 68.1 Å². The van der Waals surface area contributed by atoms with Crippen molar-refractivity contribution in [3.05, 3.63) is 38.2 Å². The summed E-state index contributed by atoms with van der Waals surface area (Å²) in [5, 5.41) is 15.7. The zero-order valence-corrected chi connectivity index (χ0v) is 16.6. The fourth-order valence-corrected chi connectivity index (χ4v) is 4.53. The van der Waals surface area contributed by atoms with Gasteiger partial charge in [-0.25, -0.2) is 4.68 Å². The first-order valence-electron chi connectivity index (χ1n) is 9.55. The van der Waals surface area contributed by atoms with E-state index in [4.69, 9.17) is 0 Å². The minimum Gasteiger partial charge on any atom is -0.292 e. The Morgan fingerprint density at radius 3 is 2.73 bits per heavy atom. The summed E-state index contributed by atoms with van der Waals surface area (Å²) in [5.74, 6) is 0.665. The van der Waals surface area contributed by atoms with E-state index in [-0.39, 0.29) is 11.0 Å². The first kappa shape index (κ1) is 17.8. The Labute approximate surface area is 158 Å². The average molecular weight is 374 g/mol. The first-order chi connectivity index (χ1) is 12.4. The molecule has 0 amide bonds. The molecule has 0 spiro atoms. The Balaban J connectivity index is 1.47. The summed E-state index contributed by atoms with van der Waals surface area (Å²) in [4.78, 5) is 14.7. The Bertz CT molecular complexity index is 833. The highest BCUT2D eigenvalue weighted by molar-refractivity contribution is 7.11. The van der Waals surface area contributed by atoms with Gasteiger partial charge in [-0.2, -0.15) is 5.10 Å². The molecule has 2 aromatic rings. The molecule has 2 aliphatic rings. The smallest absolute Gasteiger partial charge is 0.266 e. The summed E-state index contributed by atoms with van der Waals surface area (Å²) in [6, 6.07) is 3.84. The molecule has 1 aliphatic heterocycles. The van der Waals surface area contributed by atoms with Gasteiger partial charge in [0.15, 0.2) is 0 Å². The highest BCUT2D eigenvalue weighted by Gasteiger charge is 2.30. The molecule has 1 unspecified atom stereocenters. The van der Waals surface area contributed by atoms with Crippen molar-refractivity contribution in [3.63, 3.8) is 0 Å². The summed E-state index contributed by atoms with van der Waals surface area (Å²) in [6.45, 7) is 8.91. The zero-order chi connectivity index (χ0) is 18.3. The maximum atomic E-state index is 12.3. The van der Waals surface area contributed by atoms with E-state index in [0.29, 0.717) is 18.5 Å².